The number of likely N-dealkylation sites (N-methyl/N-ethyl adjacent to an activating group) is 2. The first-order valence-corrected chi connectivity index (χ1v) is 21.3. The number of ether oxygens (including phenoxy) is 2. The van der Waals surface area contributed by atoms with Crippen LogP contribution in [0.15, 0.2) is 48.7 Å². The molecule has 2 heterocycles. The first-order valence-electron chi connectivity index (χ1n) is 21.3. The highest BCUT2D eigenvalue weighted by Gasteiger charge is 2.43. The van der Waals surface area contributed by atoms with Gasteiger partial charge in [-0.25, -0.2) is 9.78 Å². The van der Waals surface area contributed by atoms with Crippen LogP contribution in [0.5, 0.6) is 0 Å². The molecule has 0 saturated carbocycles. The van der Waals surface area contributed by atoms with E-state index in [0.29, 0.717) is 38.2 Å². The van der Waals surface area contributed by atoms with Gasteiger partial charge in [-0.1, -0.05) is 85.2 Å². The number of benzene rings is 1. The lowest BCUT2D eigenvalue weighted by atomic mass is 9.89. The number of anilines is 1. The van der Waals surface area contributed by atoms with Crippen LogP contribution in [0.3, 0.4) is 0 Å². The average Bonchev–Trinajstić information content (AvgIpc) is 3.69. The Hall–Kier alpha value is -4.60. The van der Waals surface area contributed by atoms with Gasteiger partial charge in [-0.2, -0.15) is 0 Å². The maximum atomic E-state index is 14.5. The van der Waals surface area contributed by atoms with Crippen molar-refractivity contribution in [2.45, 2.75) is 130 Å². The minimum absolute atomic E-state index is 0.0345. The van der Waals surface area contributed by atoms with E-state index in [4.69, 9.17) is 15.2 Å². The molecule has 15 heteroatoms. The summed E-state index contributed by atoms with van der Waals surface area (Å²) >= 11 is 0. The van der Waals surface area contributed by atoms with Crippen LogP contribution in [0.25, 0.3) is 0 Å². The Morgan fingerprint density at radius 3 is 2.15 bits per heavy atom. The summed E-state index contributed by atoms with van der Waals surface area (Å²) in [6.45, 7) is 14.4. The van der Waals surface area contributed by atoms with Gasteiger partial charge in [-0.05, 0) is 60.9 Å². The van der Waals surface area contributed by atoms with E-state index in [1.54, 1.807) is 36.0 Å². The predicted octanol–water partition coefficient (Wildman–Crippen LogP) is 3.99. The van der Waals surface area contributed by atoms with Gasteiger partial charge in [0.2, 0.25) is 23.6 Å². The Morgan fingerprint density at radius 1 is 0.933 bits per heavy atom. The fourth-order valence-electron chi connectivity index (χ4n) is 8.62. The number of nitrogens with one attached hydrogen (secondary N) is 2. The molecule has 3 rings (SSSR count). The van der Waals surface area contributed by atoms with Crippen LogP contribution >= 0.6 is 0 Å². The molecular formula is C45H71N7O8. The van der Waals surface area contributed by atoms with E-state index >= 15 is 0 Å². The van der Waals surface area contributed by atoms with Crippen LogP contribution in [0.2, 0.25) is 0 Å². The molecule has 0 bridgehead atoms. The van der Waals surface area contributed by atoms with Crippen molar-refractivity contribution >= 4 is 35.4 Å². The lowest BCUT2D eigenvalue weighted by molar-refractivity contribution is -0.148. The molecule has 1 aliphatic rings. The maximum absolute atomic E-state index is 14.5. The van der Waals surface area contributed by atoms with Crippen molar-refractivity contribution in [1.29, 1.82) is 0 Å². The minimum atomic E-state index is -1.14. The van der Waals surface area contributed by atoms with E-state index < -0.39 is 60.2 Å². The third kappa shape index (κ3) is 13.2. The van der Waals surface area contributed by atoms with E-state index in [0.717, 1.165) is 11.1 Å². The zero-order valence-corrected chi connectivity index (χ0v) is 37.6. The summed E-state index contributed by atoms with van der Waals surface area (Å²) < 4.78 is 11.9. The van der Waals surface area contributed by atoms with Crippen molar-refractivity contribution in [2.75, 3.05) is 40.6 Å². The van der Waals surface area contributed by atoms with Gasteiger partial charge in [-0.15, -0.1) is 0 Å². The number of aromatic nitrogens is 1. The van der Waals surface area contributed by atoms with Gasteiger partial charge in [0.1, 0.15) is 17.9 Å². The Balaban J connectivity index is 1.78. The number of aliphatic carboxylic acids is 1. The highest BCUT2D eigenvalue weighted by atomic mass is 16.5. The molecule has 9 atom stereocenters. The van der Waals surface area contributed by atoms with E-state index in [-0.39, 0.29) is 48.3 Å². The molecule has 0 spiro atoms. The lowest BCUT2D eigenvalue weighted by Crippen LogP contribution is -2.60. The van der Waals surface area contributed by atoms with Crippen molar-refractivity contribution in [3.8, 4) is 0 Å². The van der Waals surface area contributed by atoms with Gasteiger partial charge >= 0.3 is 5.97 Å². The van der Waals surface area contributed by atoms with Crippen LogP contribution in [0, 0.1) is 23.7 Å². The molecule has 4 unspecified atom stereocenters. The minimum Gasteiger partial charge on any atom is -0.480 e. The Labute approximate surface area is 357 Å². The largest absolute Gasteiger partial charge is 0.480 e. The van der Waals surface area contributed by atoms with Gasteiger partial charge in [-0.3, -0.25) is 24.1 Å². The predicted molar refractivity (Wildman–Crippen MR) is 231 cm³/mol. The number of carbonyl (C=O) groups excluding carboxylic acids is 4. The number of carboxylic acid groups (broad SMARTS) is 1. The van der Waals surface area contributed by atoms with Crippen molar-refractivity contribution in [2.24, 2.45) is 23.7 Å². The fourth-order valence-corrected chi connectivity index (χ4v) is 8.62. The van der Waals surface area contributed by atoms with E-state index in [1.807, 2.05) is 89.9 Å². The number of nitrogen functional groups attached to an aromatic ring is 1. The van der Waals surface area contributed by atoms with Gasteiger partial charge < -0.3 is 40.7 Å². The molecule has 1 saturated heterocycles. The highest BCUT2D eigenvalue weighted by Crippen LogP contribution is 2.30. The number of nitrogens with two attached hydrogens (primary N) is 1. The standard InChI is InChI=1S/C45H71N7O8/c1-12-29(6)40(51(9)44(56)38(27(2)3)49-43(55)39(28(4)5)50(8)26-32-20-21-47-36(46)24-32)35(59-10)25-37(53)52-22-16-19-34(52)41(60-11)30(7)42(54)48-33(45(57)58)23-31-17-14-13-15-18-31/h13-15,17-18,20-21,24,27-30,33-35,38-41H,12,16,19,22-23,25-26H2,1-11H3,(H2,46,47)(H,48,54)(H,49,55)(H,57,58)/t29-,30+,33?,34?,35+,38?,39?,40-,41+/m0/s1. The van der Waals surface area contributed by atoms with Gasteiger partial charge in [0, 0.05) is 47.0 Å². The van der Waals surface area contributed by atoms with Crippen LogP contribution < -0.4 is 16.4 Å². The zero-order chi connectivity index (χ0) is 44.8. The van der Waals surface area contributed by atoms with Gasteiger partial charge in [0.15, 0.2) is 0 Å². The van der Waals surface area contributed by atoms with Crippen LogP contribution in [-0.2, 0) is 46.4 Å². The summed E-state index contributed by atoms with van der Waals surface area (Å²) in [6, 6.07) is 9.24. The number of methoxy groups -OCH3 is 2. The van der Waals surface area contributed by atoms with Crippen molar-refractivity contribution in [3.63, 3.8) is 0 Å². The Morgan fingerprint density at radius 2 is 1.60 bits per heavy atom. The number of rotatable bonds is 23. The number of carboxylic acids is 1. The smallest absolute Gasteiger partial charge is 0.326 e. The topological polar surface area (TPSA) is 197 Å². The van der Waals surface area contributed by atoms with E-state index in [1.165, 1.54) is 14.2 Å². The SMILES string of the molecule is CC[C@H](C)[C@@H]([C@@H](CC(=O)N1CCCC1[C@H](OC)[C@@H](C)C(=O)NC(Cc1ccccc1)C(=O)O)OC)N(C)C(=O)C(NC(=O)C(C(C)C)N(C)Cc1ccnc(N)c1)C(C)C. The highest BCUT2D eigenvalue weighted by molar-refractivity contribution is 5.90. The normalized spacial score (nSPS) is 18.3. The lowest BCUT2D eigenvalue weighted by Gasteiger charge is -2.41. The molecule has 0 radical (unpaired) electrons. The van der Waals surface area contributed by atoms with Crippen LogP contribution in [0.1, 0.15) is 85.3 Å². The molecule has 334 valence electrons. The first-order chi connectivity index (χ1) is 28.4. The number of hydrogen-bond donors (Lipinski definition) is 4. The molecule has 60 heavy (non-hydrogen) atoms. The molecule has 1 fully saturated rings. The third-order valence-corrected chi connectivity index (χ3v) is 12.0. The second-order valence-corrected chi connectivity index (χ2v) is 17.1. The summed E-state index contributed by atoms with van der Waals surface area (Å²) in [7, 11) is 6.61. The molecule has 4 amide bonds. The average molecular weight is 838 g/mol. The number of hydrogen-bond acceptors (Lipinski definition) is 10. The zero-order valence-electron chi connectivity index (χ0n) is 37.6. The number of carbonyl (C=O) groups is 5. The monoisotopic (exact) mass is 838 g/mol. The van der Waals surface area contributed by atoms with Crippen molar-refractivity contribution in [3.05, 3.63) is 59.8 Å². The second kappa shape index (κ2) is 23.4. The number of pyridine rings is 1. The summed E-state index contributed by atoms with van der Waals surface area (Å²) in [5, 5.41) is 15.7. The Kier molecular flexibility index (Phi) is 19.4. The van der Waals surface area contributed by atoms with Crippen LogP contribution in [0.4, 0.5) is 5.82 Å². The molecule has 5 N–H and O–H groups in total. The Bertz CT molecular complexity index is 1710. The molecule has 2 aromatic rings. The summed E-state index contributed by atoms with van der Waals surface area (Å²) in [4.78, 5) is 77.9. The second-order valence-electron chi connectivity index (χ2n) is 17.1. The van der Waals surface area contributed by atoms with E-state index in [9.17, 15) is 29.1 Å². The maximum Gasteiger partial charge on any atom is 0.326 e. The molecule has 1 aromatic heterocycles. The van der Waals surface area contributed by atoms with Gasteiger partial charge in [0.05, 0.1) is 42.7 Å². The molecule has 15 nitrogen and oxygen atoms in total. The fraction of sp³-hybridized carbons (Fsp3) is 0.644. The third-order valence-electron chi connectivity index (χ3n) is 12.0. The van der Waals surface area contributed by atoms with Gasteiger partial charge in [0.25, 0.3) is 0 Å². The molecular weight excluding hydrogens is 767 g/mol. The number of likely N-dealkylation sites (tertiary alicyclic amines) is 1. The van der Waals surface area contributed by atoms with Crippen LogP contribution in [-0.4, -0.2) is 132 Å². The van der Waals surface area contributed by atoms with Crippen molar-refractivity contribution < 1.29 is 38.6 Å². The first kappa shape index (κ1) is 49.8. The summed E-state index contributed by atoms with van der Waals surface area (Å²) in [5.41, 5.74) is 7.60. The van der Waals surface area contributed by atoms with E-state index in [2.05, 4.69) is 15.6 Å². The molecule has 0 aliphatic carbocycles. The molecule has 1 aliphatic heterocycles. The number of nitrogens with zero attached hydrogens (tertiary/aromatic N) is 4. The summed E-state index contributed by atoms with van der Waals surface area (Å²) in [5.74, 6) is -3.14. The van der Waals surface area contributed by atoms with Crippen molar-refractivity contribution in [1.82, 2.24) is 30.3 Å². The molecule has 1 aromatic carbocycles. The number of amides is 4. The quantitative estimate of drug-likeness (QED) is 0.126. The summed E-state index contributed by atoms with van der Waals surface area (Å²) in [6.07, 6.45) is 2.31.